The summed E-state index contributed by atoms with van der Waals surface area (Å²) in [6, 6.07) is 16.8. The van der Waals surface area contributed by atoms with Gasteiger partial charge in [-0.25, -0.2) is 9.97 Å². The molecule has 4 aromatic heterocycles. The molecule has 10 rings (SSSR count). The number of carbonyl (C=O) groups excluding carboxylic acids is 1. The standard InChI is InChI=1S/C43H46N6O5S/c1-25(2)54-43-21-40(4)18-41(5,22-43)20-42(19-40,23-43)24-49-26(3)31(15-44-49)29-12-13-33(45-36(29)38(51)52)27-10-11-28-16-48(53)17-32(30(28)14-27)37(50)47-39-46-34-8-6-7-9-35(34)55-39/h6-17,25,38,51-52H,18-24H2,1-5H3,(H-,45,46,47,50,53)/p+1. The van der Waals surface area contributed by atoms with Crippen LogP contribution in [-0.4, -0.2) is 52.8 Å². The van der Waals surface area contributed by atoms with E-state index in [9.17, 15) is 20.2 Å². The number of nitrogens with one attached hydrogen (secondary N) is 1. The first-order valence-electron chi connectivity index (χ1n) is 19.1. The molecule has 0 saturated heterocycles. The number of amides is 1. The Morgan fingerprint density at radius 2 is 1.73 bits per heavy atom. The molecule has 4 fully saturated rings. The quantitative estimate of drug-likeness (QED) is 0.0660. The molecule has 2 unspecified atom stereocenters. The Morgan fingerprint density at radius 1 is 0.964 bits per heavy atom. The fraction of sp³-hybridized carbons (Fsp3) is 0.419. The number of anilines is 1. The van der Waals surface area contributed by atoms with Gasteiger partial charge in [0, 0.05) is 39.0 Å². The highest BCUT2D eigenvalue weighted by Crippen LogP contribution is 2.72. The van der Waals surface area contributed by atoms with Gasteiger partial charge < -0.3 is 14.9 Å². The smallest absolute Gasteiger partial charge is 0.264 e. The van der Waals surface area contributed by atoms with Gasteiger partial charge in [-0.2, -0.15) is 5.10 Å². The second kappa shape index (κ2) is 12.6. The van der Waals surface area contributed by atoms with E-state index in [2.05, 4.69) is 42.7 Å². The number of carbonyl (C=O) groups is 1. The van der Waals surface area contributed by atoms with Crippen LogP contribution >= 0.6 is 11.3 Å². The van der Waals surface area contributed by atoms with Gasteiger partial charge in [-0.1, -0.05) is 49.4 Å². The summed E-state index contributed by atoms with van der Waals surface area (Å²) in [7, 11) is 0. The molecule has 12 heteroatoms. The van der Waals surface area contributed by atoms with Crippen LogP contribution in [0.4, 0.5) is 5.13 Å². The molecule has 6 aromatic rings. The second-order valence-electron chi connectivity index (χ2n) is 17.6. The highest BCUT2D eigenvalue weighted by Gasteiger charge is 2.66. The zero-order valence-corrected chi connectivity index (χ0v) is 32.7. The van der Waals surface area contributed by atoms with E-state index in [0.29, 0.717) is 32.7 Å². The maximum atomic E-state index is 13.6. The summed E-state index contributed by atoms with van der Waals surface area (Å²) in [5, 5.41) is 41.3. The first-order valence-corrected chi connectivity index (χ1v) is 19.9. The average molecular weight is 760 g/mol. The molecule has 4 saturated carbocycles. The molecular formula is C43H47N6O5S+. The van der Waals surface area contributed by atoms with Crippen LogP contribution in [0.25, 0.3) is 43.4 Å². The van der Waals surface area contributed by atoms with Gasteiger partial charge in [-0.05, 0) is 106 Å². The summed E-state index contributed by atoms with van der Waals surface area (Å²) >= 11 is 1.37. The lowest BCUT2D eigenvalue weighted by Gasteiger charge is -2.69. The molecule has 0 spiro atoms. The lowest BCUT2D eigenvalue weighted by atomic mass is 9.39. The minimum Gasteiger partial charge on any atom is -0.372 e. The maximum Gasteiger partial charge on any atom is 0.264 e. The monoisotopic (exact) mass is 759 g/mol. The minimum atomic E-state index is -1.84. The SMILES string of the molecule is Cc1c(-c2ccc(-c3ccc4c[n+](O)cc(C(=O)Nc5nc6ccccc6s5)c4c3)nc2C(O)O)cnn1CC12CC3(C)CC(C)(C1)CC(OC(C)C)(C3)C2. The zero-order valence-electron chi connectivity index (χ0n) is 31.8. The number of nitrogens with zero attached hydrogens (tertiary/aromatic N) is 5. The third-order valence-electron chi connectivity index (χ3n) is 12.1. The van der Waals surface area contributed by atoms with Crippen LogP contribution in [0.3, 0.4) is 0 Å². The van der Waals surface area contributed by atoms with Gasteiger partial charge in [0.25, 0.3) is 5.91 Å². The molecule has 1 amide bonds. The number of para-hydroxylation sites is 1. The number of thiazole rings is 1. The van der Waals surface area contributed by atoms with Gasteiger partial charge in [0.15, 0.2) is 11.4 Å². The highest BCUT2D eigenvalue weighted by molar-refractivity contribution is 7.22. The Morgan fingerprint density at radius 3 is 2.45 bits per heavy atom. The number of hydrogen-bond acceptors (Lipinski definition) is 9. The first-order chi connectivity index (χ1) is 26.1. The van der Waals surface area contributed by atoms with E-state index in [4.69, 9.17) is 14.8 Å². The summed E-state index contributed by atoms with van der Waals surface area (Å²) in [5.41, 5.74) is 5.11. The molecule has 2 aromatic carbocycles. The van der Waals surface area contributed by atoms with E-state index in [-0.39, 0.29) is 39.2 Å². The Kier molecular flexibility index (Phi) is 8.25. The van der Waals surface area contributed by atoms with Crippen LogP contribution in [0.5, 0.6) is 0 Å². The molecule has 0 radical (unpaired) electrons. The van der Waals surface area contributed by atoms with E-state index in [0.717, 1.165) is 64.9 Å². The van der Waals surface area contributed by atoms with E-state index in [1.54, 1.807) is 6.07 Å². The third kappa shape index (κ3) is 6.38. The number of hydrogen-bond donors (Lipinski definition) is 4. The van der Waals surface area contributed by atoms with Crippen LogP contribution in [0.15, 0.2) is 73.2 Å². The van der Waals surface area contributed by atoms with Crippen LogP contribution in [-0.2, 0) is 11.3 Å². The van der Waals surface area contributed by atoms with Crippen molar-refractivity contribution in [1.82, 2.24) is 19.7 Å². The predicted octanol–water partition coefficient (Wildman–Crippen LogP) is 7.99. The van der Waals surface area contributed by atoms with Crippen molar-refractivity contribution in [3.63, 3.8) is 0 Å². The average Bonchev–Trinajstić information content (AvgIpc) is 3.66. The van der Waals surface area contributed by atoms with E-state index in [1.807, 2.05) is 61.7 Å². The molecule has 4 N–H and O–H groups in total. The van der Waals surface area contributed by atoms with E-state index < -0.39 is 12.2 Å². The summed E-state index contributed by atoms with van der Waals surface area (Å²) < 4.78 is 10.7. The van der Waals surface area contributed by atoms with Crippen molar-refractivity contribution in [1.29, 1.82) is 0 Å². The number of pyridine rings is 2. The normalized spacial score (nSPS) is 25.8. The molecule has 4 bridgehead atoms. The Bertz CT molecular complexity index is 2460. The van der Waals surface area contributed by atoms with Crippen LogP contribution in [0.2, 0.25) is 0 Å². The van der Waals surface area contributed by atoms with Crippen LogP contribution in [0, 0.1) is 23.2 Å². The number of ether oxygens (including phenoxy) is 1. The predicted molar refractivity (Wildman–Crippen MR) is 211 cm³/mol. The van der Waals surface area contributed by atoms with Crippen LogP contribution in [0.1, 0.15) is 94.3 Å². The Balaban J connectivity index is 1.03. The lowest BCUT2D eigenvalue weighted by molar-refractivity contribution is -0.904. The van der Waals surface area contributed by atoms with Crippen molar-refractivity contribution in [2.24, 2.45) is 16.2 Å². The van der Waals surface area contributed by atoms with Gasteiger partial charge in [-0.15, -0.1) is 0 Å². The van der Waals surface area contributed by atoms with E-state index >= 15 is 0 Å². The molecule has 2 atom stereocenters. The lowest BCUT2D eigenvalue weighted by Crippen LogP contribution is -2.64. The molecular weight excluding hydrogens is 713 g/mol. The minimum absolute atomic E-state index is 0.0676. The summed E-state index contributed by atoms with van der Waals surface area (Å²) in [4.78, 5) is 22.9. The Hall–Kier alpha value is -4.75. The second-order valence-corrected chi connectivity index (χ2v) is 18.7. The van der Waals surface area contributed by atoms with Crippen molar-refractivity contribution in [3.8, 4) is 22.4 Å². The third-order valence-corrected chi connectivity index (χ3v) is 13.1. The van der Waals surface area contributed by atoms with Crippen molar-refractivity contribution in [2.75, 3.05) is 5.32 Å². The zero-order chi connectivity index (χ0) is 38.5. The summed E-state index contributed by atoms with van der Waals surface area (Å²) in [6.45, 7) is 12.1. The molecule has 4 heterocycles. The van der Waals surface area contributed by atoms with Crippen molar-refractivity contribution in [2.45, 2.75) is 97.7 Å². The number of aliphatic hydroxyl groups excluding tert-OH is 1. The fourth-order valence-electron chi connectivity index (χ4n) is 11.6. The van der Waals surface area contributed by atoms with Crippen LogP contribution < -0.4 is 10.0 Å². The molecule has 55 heavy (non-hydrogen) atoms. The summed E-state index contributed by atoms with van der Waals surface area (Å²) in [5.74, 6) is -0.425. The Labute approximate surface area is 323 Å². The molecule has 4 aliphatic carbocycles. The number of aromatic nitrogens is 5. The largest absolute Gasteiger partial charge is 0.372 e. The van der Waals surface area contributed by atoms with Crippen molar-refractivity contribution in [3.05, 3.63) is 90.1 Å². The van der Waals surface area contributed by atoms with Gasteiger partial charge in [0.2, 0.25) is 12.4 Å². The van der Waals surface area contributed by atoms with Gasteiger partial charge in [-0.3, -0.25) is 20.0 Å². The van der Waals surface area contributed by atoms with Gasteiger partial charge >= 0.3 is 0 Å². The molecule has 284 valence electrons. The molecule has 4 aliphatic rings. The van der Waals surface area contributed by atoms with Gasteiger partial charge in [0.1, 0.15) is 11.3 Å². The number of benzene rings is 2. The summed E-state index contributed by atoms with van der Waals surface area (Å²) in [6.07, 6.45) is 9.85. The van der Waals surface area contributed by atoms with Gasteiger partial charge in [0.05, 0.1) is 39.2 Å². The molecule has 11 nitrogen and oxygen atoms in total. The number of aliphatic hydroxyl groups is 2. The highest BCUT2D eigenvalue weighted by atomic mass is 32.1. The first kappa shape index (κ1) is 35.9. The topological polar surface area (TPSA) is 146 Å². The number of rotatable bonds is 9. The maximum absolute atomic E-state index is 13.6. The molecule has 0 aliphatic heterocycles. The van der Waals surface area contributed by atoms with Crippen molar-refractivity contribution < 1.29 is 29.7 Å². The fourth-order valence-corrected chi connectivity index (χ4v) is 12.4. The van der Waals surface area contributed by atoms with E-state index in [1.165, 1.54) is 30.2 Å². The van der Waals surface area contributed by atoms with Crippen molar-refractivity contribution >= 4 is 43.4 Å². The number of fused-ring (bicyclic) bond motifs is 2.